The van der Waals surface area contributed by atoms with Crippen molar-refractivity contribution in [2.75, 3.05) is 0 Å². The summed E-state index contributed by atoms with van der Waals surface area (Å²) in [6, 6.07) is 8.65. The summed E-state index contributed by atoms with van der Waals surface area (Å²) in [7, 11) is 0. The summed E-state index contributed by atoms with van der Waals surface area (Å²) in [4.78, 5) is 27.1. The van der Waals surface area contributed by atoms with Gasteiger partial charge in [-0.25, -0.2) is 9.78 Å². The third-order valence-electron chi connectivity index (χ3n) is 3.25. The molecule has 0 fully saturated rings. The smallest absolute Gasteiger partial charge is 0.403 e. The van der Waals surface area contributed by atoms with Crippen LogP contribution in [0.4, 0.5) is 13.2 Å². The summed E-state index contributed by atoms with van der Waals surface area (Å²) in [6.07, 6.45) is -4.01. The van der Waals surface area contributed by atoms with Gasteiger partial charge in [-0.3, -0.25) is 4.79 Å². The molecule has 2 aromatic carbocycles. The number of aromatic nitrogens is 1. The quantitative estimate of drug-likeness (QED) is 0.676. The van der Waals surface area contributed by atoms with Crippen LogP contribution in [-0.2, 0) is 6.18 Å². The predicted molar refractivity (Wildman–Crippen MR) is 76.1 cm³/mol. The molecule has 0 aliphatic rings. The fourth-order valence-electron chi connectivity index (χ4n) is 2.17. The van der Waals surface area contributed by atoms with Crippen molar-refractivity contribution in [3.05, 3.63) is 64.0 Å². The maximum atomic E-state index is 12.8. The normalized spacial score (nSPS) is 11.6. The molecule has 0 aliphatic heterocycles. The van der Waals surface area contributed by atoms with Crippen molar-refractivity contribution < 1.29 is 22.4 Å². The Morgan fingerprint density at radius 3 is 2.52 bits per heavy atom. The number of aldehydes is 1. The first-order valence-corrected chi connectivity index (χ1v) is 6.47. The molecule has 0 radical (unpaired) electrons. The molecule has 23 heavy (non-hydrogen) atoms. The third kappa shape index (κ3) is 2.73. The first-order chi connectivity index (χ1) is 10.9. The van der Waals surface area contributed by atoms with E-state index in [4.69, 9.17) is 4.42 Å². The number of benzene rings is 2. The van der Waals surface area contributed by atoms with Gasteiger partial charge in [-0.05, 0) is 30.3 Å². The van der Waals surface area contributed by atoms with Crippen molar-refractivity contribution in [3.63, 3.8) is 0 Å². The Labute approximate surface area is 127 Å². The second kappa shape index (κ2) is 5.35. The Balaban J connectivity index is 2.25. The third-order valence-corrected chi connectivity index (χ3v) is 3.25. The van der Waals surface area contributed by atoms with Gasteiger partial charge in [0.1, 0.15) is 0 Å². The number of fused-ring (bicyclic) bond motifs is 1. The van der Waals surface area contributed by atoms with E-state index < -0.39 is 17.4 Å². The van der Waals surface area contributed by atoms with Crippen LogP contribution in [0.2, 0.25) is 0 Å². The number of halogens is 3. The maximum absolute atomic E-state index is 12.8. The van der Waals surface area contributed by atoms with E-state index >= 15 is 0 Å². The molecule has 0 saturated carbocycles. The van der Waals surface area contributed by atoms with Gasteiger partial charge in [0.25, 0.3) is 0 Å². The van der Waals surface area contributed by atoms with E-state index in [1.807, 2.05) is 0 Å². The van der Waals surface area contributed by atoms with E-state index in [9.17, 15) is 22.8 Å². The van der Waals surface area contributed by atoms with Crippen LogP contribution >= 0.6 is 0 Å². The second-order valence-corrected chi connectivity index (χ2v) is 4.75. The van der Waals surface area contributed by atoms with Gasteiger partial charge in [0.2, 0.25) is 5.89 Å². The highest BCUT2D eigenvalue weighted by molar-refractivity contribution is 5.95. The Morgan fingerprint density at radius 1 is 1.09 bits per heavy atom. The van der Waals surface area contributed by atoms with Crippen LogP contribution < -0.4 is 5.63 Å². The number of para-hydroxylation sites is 1. The second-order valence-electron chi connectivity index (χ2n) is 4.75. The van der Waals surface area contributed by atoms with Crippen LogP contribution in [0, 0.1) is 0 Å². The maximum Gasteiger partial charge on any atom is 0.416 e. The number of carbonyl (C=O) groups excluding carboxylic acids is 1. The minimum Gasteiger partial charge on any atom is -0.403 e. The molecular formula is C16H8F3NO3. The van der Waals surface area contributed by atoms with Crippen molar-refractivity contribution in [3.8, 4) is 11.5 Å². The lowest BCUT2D eigenvalue weighted by Gasteiger charge is -2.08. The van der Waals surface area contributed by atoms with Gasteiger partial charge in [0, 0.05) is 11.1 Å². The molecule has 0 unspecified atom stereocenters. The number of alkyl halides is 3. The summed E-state index contributed by atoms with van der Waals surface area (Å²) in [5.74, 6) is -0.275. The highest BCUT2D eigenvalue weighted by Gasteiger charge is 2.30. The van der Waals surface area contributed by atoms with Crippen LogP contribution in [-0.4, -0.2) is 11.3 Å². The largest absolute Gasteiger partial charge is 0.416 e. The lowest BCUT2D eigenvalue weighted by atomic mass is 10.1. The van der Waals surface area contributed by atoms with Crippen molar-refractivity contribution >= 4 is 17.2 Å². The molecule has 0 spiro atoms. The molecule has 4 nitrogen and oxygen atoms in total. The van der Waals surface area contributed by atoms with Gasteiger partial charge in [0.15, 0.2) is 6.29 Å². The van der Waals surface area contributed by atoms with Gasteiger partial charge in [-0.15, -0.1) is 0 Å². The van der Waals surface area contributed by atoms with Gasteiger partial charge in [-0.1, -0.05) is 12.1 Å². The molecular weight excluding hydrogens is 311 g/mol. The van der Waals surface area contributed by atoms with Crippen molar-refractivity contribution in [1.29, 1.82) is 0 Å². The average Bonchev–Trinajstić information content (AvgIpc) is 2.53. The fraction of sp³-hybridized carbons (Fsp3) is 0.0625. The van der Waals surface area contributed by atoms with Crippen molar-refractivity contribution in [1.82, 2.24) is 4.98 Å². The molecule has 0 bridgehead atoms. The van der Waals surface area contributed by atoms with E-state index in [0.29, 0.717) is 6.29 Å². The van der Waals surface area contributed by atoms with Crippen LogP contribution in [0.15, 0.2) is 51.7 Å². The Bertz CT molecular complexity index is 961. The molecule has 0 saturated heterocycles. The van der Waals surface area contributed by atoms with Crippen molar-refractivity contribution in [2.45, 2.75) is 6.18 Å². The Hall–Kier alpha value is -2.96. The molecule has 0 N–H and O–H groups in total. The molecule has 1 aromatic heterocycles. The van der Waals surface area contributed by atoms with Gasteiger partial charge in [0.05, 0.1) is 16.5 Å². The summed E-state index contributed by atoms with van der Waals surface area (Å²) in [5.41, 5.74) is -1.41. The van der Waals surface area contributed by atoms with E-state index in [1.165, 1.54) is 30.3 Å². The van der Waals surface area contributed by atoms with Gasteiger partial charge in [-0.2, -0.15) is 13.2 Å². The molecule has 0 amide bonds. The monoisotopic (exact) mass is 319 g/mol. The minimum absolute atomic E-state index is 0.000438. The zero-order valence-electron chi connectivity index (χ0n) is 11.4. The molecule has 7 heteroatoms. The number of nitrogens with zero attached hydrogens (tertiary/aromatic N) is 1. The summed E-state index contributed by atoms with van der Waals surface area (Å²) in [5, 5.41) is 0.0883. The van der Waals surface area contributed by atoms with Crippen LogP contribution in [0.3, 0.4) is 0 Å². The molecule has 0 atom stereocenters. The highest BCUT2D eigenvalue weighted by atomic mass is 19.4. The molecule has 3 aromatic rings. The number of hydrogen-bond donors (Lipinski definition) is 0. The number of carbonyl (C=O) groups is 1. The Morgan fingerprint density at radius 2 is 1.83 bits per heavy atom. The van der Waals surface area contributed by atoms with Crippen molar-refractivity contribution in [2.24, 2.45) is 0 Å². The van der Waals surface area contributed by atoms with Gasteiger partial charge < -0.3 is 4.42 Å². The summed E-state index contributed by atoms with van der Waals surface area (Å²) in [6.45, 7) is 0. The average molecular weight is 319 g/mol. The fourth-order valence-corrected chi connectivity index (χ4v) is 2.17. The number of rotatable bonds is 2. The van der Waals surface area contributed by atoms with E-state index in [2.05, 4.69) is 4.98 Å². The molecule has 116 valence electrons. The lowest BCUT2D eigenvalue weighted by molar-refractivity contribution is -0.137. The van der Waals surface area contributed by atoms with Crippen LogP contribution in [0.1, 0.15) is 15.9 Å². The molecule has 1 heterocycles. The molecule has 0 aliphatic carbocycles. The molecule has 3 rings (SSSR count). The first kappa shape index (κ1) is 15.0. The topological polar surface area (TPSA) is 60.2 Å². The van der Waals surface area contributed by atoms with Crippen LogP contribution in [0.5, 0.6) is 0 Å². The summed E-state index contributed by atoms with van der Waals surface area (Å²) < 4.78 is 43.3. The zero-order valence-corrected chi connectivity index (χ0v) is 11.4. The minimum atomic E-state index is -4.53. The summed E-state index contributed by atoms with van der Waals surface area (Å²) >= 11 is 0. The van der Waals surface area contributed by atoms with Gasteiger partial charge >= 0.3 is 11.8 Å². The predicted octanol–water partition coefficient (Wildman–Crippen LogP) is 3.69. The number of hydrogen-bond acceptors (Lipinski definition) is 4. The Kier molecular flexibility index (Phi) is 3.48. The first-order valence-electron chi connectivity index (χ1n) is 6.47. The highest BCUT2D eigenvalue weighted by Crippen LogP contribution is 2.31. The standard InChI is InChI=1S/C16H8F3NO3/c17-16(18,19)11-5-1-3-9(7-11)14-20-13-10(8-21)4-2-6-12(13)15(22)23-14/h1-8H. The van der Waals surface area contributed by atoms with Crippen LogP contribution in [0.25, 0.3) is 22.4 Å². The zero-order chi connectivity index (χ0) is 16.6. The lowest BCUT2D eigenvalue weighted by Crippen LogP contribution is -2.07. The van der Waals surface area contributed by atoms with E-state index in [-0.39, 0.29) is 27.9 Å². The SMILES string of the molecule is O=Cc1cccc2c(=O)oc(-c3cccc(C(F)(F)F)c3)nc12. The van der Waals surface area contributed by atoms with E-state index in [0.717, 1.165) is 12.1 Å². The van der Waals surface area contributed by atoms with E-state index in [1.54, 1.807) is 0 Å².